The van der Waals surface area contributed by atoms with Gasteiger partial charge in [0, 0.05) is 54.7 Å². The van der Waals surface area contributed by atoms with Gasteiger partial charge in [-0.15, -0.1) is 0 Å². The summed E-state index contributed by atoms with van der Waals surface area (Å²) >= 11 is 0. The van der Waals surface area contributed by atoms with Gasteiger partial charge in [0.15, 0.2) is 11.5 Å². The Labute approximate surface area is 291 Å². The van der Waals surface area contributed by atoms with Crippen LogP contribution in [0.25, 0.3) is 0 Å². The number of unbranched alkanes of at least 4 members (excludes halogenated alkanes) is 1. The van der Waals surface area contributed by atoms with Crippen LogP contribution >= 0.6 is 0 Å². The SMILES string of the molecule is CCCCc1oc(CCc2ccc(O)c(OCC(O)c3cc4c([nH]3)C3C=CC5(CCCC5C35CCCC5)C4CNCC(C)O)c2)cc1CO. The summed E-state index contributed by atoms with van der Waals surface area (Å²) in [6, 6.07) is 9.52. The summed E-state index contributed by atoms with van der Waals surface area (Å²) in [6.07, 6.45) is 16.9. The monoisotopic (exact) mass is 672 g/mol. The van der Waals surface area contributed by atoms with Crippen LogP contribution in [0.1, 0.15) is 129 Å². The number of ether oxygens (including phenoxy) is 1. The van der Waals surface area contributed by atoms with Crippen molar-refractivity contribution in [3.05, 3.63) is 82.1 Å². The Morgan fingerprint density at radius 1 is 1.06 bits per heavy atom. The number of phenols is 1. The zero-order valence-corrected chi connectivity index (χ0v) is 29.3. The van der Waals surface area contributed by atoms with Crippen LogP contribution < -0.4 is 10.1 Å². The Morgan fingerprint density at radius 3 is 2.67 bits per heavy atom. The van der Waals surface area contributed by atoms with Crippen LogP contribution in [0, 0.1) is 16.7 Å². The van der Waals surface area contributed by atoms with Crippen molar-refractivity contribution >= 4 is 0 Å². The highest BCUT2D eigenvalue weighted by atomic mass is 16.5. The first-order chi connectivity index (χ1) is 23.8. The topological polar surface area (TPSA) is 131 Å². The van der Waals surface area contributed by atoms with Gasteiger partial charge < -0.3 is 39.9 Å². The van der Waals surface area contributed by atoms with Crippen LogP contribution in [0.5, 0.6) is 11.5 Å². The molecule has 0 amide bonds. The smallest absolute Gasteiger partial charge is 0.161 e. The van der Waals surface area contributed by atoms with E-state index in [9.17, 15) is 20.4 Å². The molecule has 0 aliphatic heterocycles. The number of hydrogen-bond acceptors (Lipinski definition) is 7. The maximum Gasteiger partial charge on any atom is 0.161 e. The zero-order chi connectivity index (χ0) is 34.2. The fourth-order valence-corrected chi connectivity index (χ4v) is 10.3. The van der Waals surface area contributed by atoms with Crippen molar-refractivity contribution in [2.45, 2.75) is 122 Å². The number of aliphatic hydroxyl groups is 3. The minimum Gasteiger partial charge on any atom is -0.504 e. The highest BCUT2D eigenvalue weighted by molar-refractivity contribution is 5.47. The fourth-order valence-electron chi connectivity index (χ4n) is 10.3. The van der Waals surface area contributed by atoms with Crippen LogP contribution in [0.15, 0.2) is 46.9 Å². The molecule has 6 unspecified atom stereocenters. The lowest BCUT2D eigenvalue weighted by Gasteiger charge is -2.52. The summed E-state index contributed by atoms with van der Waals surface area (Å²) in [5.41, 5.74) is 5.54. The van der Waals surface area contributed by atoms with Crippen LogP contribution in [0.3, 0.4) is 0 Å². The molecule has 2 spiro atoms. The molecule has 8 rings (SSSR count). The molecule has 1 aromatic carbocycles. The molecule has 2 aromatic heterocycles. The molecular formula is C41H56N2O6. The molecule has 8 heteroatoms. The Balaban J connectivity index is 1.08. The van der Waals surface area contributed by atoms with Gasteiger partial charge in [0.1, 0.15) is 24.2 Å². The number of aromatic hydroxyl groups is 1. The van der Waals surface area contributed by atoms with Crippen LogP contribution in [-0.4, -0.2) is 51.2 Å². The third-order valence-corrected chi connectivity index (χ3v) is 12.5. The summed E-state index contributed by atoms with van der Waals surface area (Å²) in [5.74, 6) is 3.35. The predicted octanol–water partition coefficient (Wildman–Crippen LogP) is 7.11. The number of benzene rings is 1. The molecule has 8 nitrogen and oxygen atoms in total. The summed E-state index contributed by atoms with van der Waals surface area (Å²) in [5, 5.41) is 45.6. The van der Waals surface area contributed by atoms with Crippen molar-refractivity contribution in [1.29, 1.82) is 0 Å². The number of H-pyrrole nitrogens is 1. The van der Waals surface area contributed by atoms with Gasteiger partial charge in [-0.1, -0.05) is 50.8 Å². The van der Waals surface area contributed by atoms with E-state index in [1.54, 1.807) is 6.07 Å². The highest BCUT2D eigenvalue weighted by Crippen LogP contribution is 2.72. The van der Waals surface area contributed by atoms with E-state index < -0.39 is 12.2 Å². The lowest BCUT2D eigenvalue weighted by molar-refractivity contribution is 0.0440. The van der Waals surface area contributed by atoms with E-state index in [2.05, 4.69) is 35.4 Å². The van der Waals surface area contributed by atoms with Crippen LogP contribution in [0.4, 0.5) is 0 Å². The van der Waals surface area contributed by atoms with Crippen molar-refractivity contribution in [3.8, 4) is 11.5 Å². The molecule has 266 valence electrons. The first kappa shape index (κ1) is 34.4. The molecule has 2 fully saturated rings. The first-order valence-electron chi connectivity index (χ1n) is 18.9. The van der Waals surface area contributed by atoms with Gasteiger partial charge in [-0.3, -0.25) is 0 Å². The quantitative estimate of drug-likeness (QED) is 0.0949. The number of rotatable bonds is 15. The average molecular weight is 673 g/mol. The van der Waals surface area contributed by atoms with Gasteiger partial charge in [-0.25, -0.2) is 0 Å². The molecule has 5 aliphatic carbocycles. The maximum atomic E-state index is 11.5. The number of aromatic amines is 1. The molecule has 2 saturated carbocycles. The largest absolute Gasteiger partial charge is 0.504 e. The van der Waals surface area contributed by atoms with E-state index in [-0.39, 0.29) is 35.7 Å². The van der Waals surface area contributed by atoms with E-state index in [0.29, 0.717) is 37.0 Å². The summed E-state index contributed by atoms with van der Waals surface area (Å²) in [4.78, 5) is 3.74. The van der Waals surface area contributed by atoms with Gasteiger partial charge >= 0.3 is 0 Å². The van der Waals surface area contributed by atoms with Crippen molar-refractivity contribution in [2.75, 3.05) is 19.7 Å². The Hall–Kier alpha value is -3.04. The standard InChI is InChI=1S/C41H56N2O6/c1-3-4-8-36-28(24-44)20-29(49-36)12-10-27-11-13-34(46)37(19-27)48-25-35(47)33-21-30-32(23-42-22-26(2)45)41-17-7-9-38(41)40(15-5-6-16-40)31(14-18-41)39(30)43-33/h11,13-14,18-21,26,31-32,35,38,42-47H,3-10,12,15-17,22-25H2,1-2H3. The molecule has 6 N–H and O–H groups in total. The first-order valence-corrected chi connectivity index (χ1v) is 18.9. The third-order valence-electron chi connectivity index (χ3n) is 12.5. The molecular weight excluding hydrogens is 616 g/mol. The molecule has 5 aliphatic rings. The number of aryl methyl sites for hydroxylation is 3. The molecule has 3 aromatic rings. The van der Waals surface area contributed by atoms with E-state index in [4.69, 9.17) is 9.15 Å². The van der Waals surface area contributed by atoms with Crippen LogP contribution in [-0.2, 0) is 25.9 Å². The number of aromatic nitrogens is 1. The molecule has 0 radical (unpaired) electrons. The second kappa shape index (κ2) is 14.3. The van der Waals surface area contributed by atoms with E-state index in [0.717, 1.165) is 54.1 Å². The van der Waals surface area contributed by atoms with Gasteiger partial charge in [0.2, 0.25) is 0 Å². The minimum atomic E-state index is -0.887. The lowest BCUT2D eigenvalue weighted by Crippen LogP contribution is -2.46. The zero-order valence-electron chi connectivity index (χ0n) is 29.3. The Kier molecular flexibility index (Phi) is 10.0. The van der Waals surface area contributed by atoms with Crippen molar-refractivity contribution in [1.82, 2.24) is 10.3 Å². The van der Waals surface area contributed by atoms with Gasteiger partial charge in [0.05, 0.1) is 12.7 Å². The highest BCUT2D eigenvalue weighted by Gasteiger charge is 2.63. The second-order valence-electron chi connectivity index (χ2n) is 15.5. The molecule has 2 heterocycles. The normalized spacial score (nSPS) is 26.2. The van der Waals surface area contributed by atoms with Crippen LogP contribution in [0.2, 0.25) is 0 Å². The minimum absolute atomic E-state index is 0.0135. The van der Waals surface area contributed by atoms with Crippen molar-refractivity contribution in [2.24, 2.45) is 16.7 Å². The van der Waals surface area contributed by atoms with E-state index in [1.165, 1.54) is 56.2 Å². The second-order valence-corrected chi connectivity index (χ2v) is 15.5. The van der Waals surface area contributed by atoms with E-state index in [1.807, 2.05) is 25.1 Å². The summed E-state index contributed by atoms with van der Waals surface area (Å²) in [7, 11) is 0. The average Bonchev–Trinajstić information content (AvgIpc) is 3.90. The summed E-state index contributed by atoms with van der Waals surface area (Å²) in [6.45, 7) is 5.32. The van der Waals surface area contributed by atoms with Gasteiger partial charge in [-0.2, -0.15) is 0 Å². The Bertz CT molecular complexity index is 1620. The van der Waals surface area contributed by atoms with Gasteiger partial charge in [-0.05, 0) is 97.6 Å². The number of nitrogens with one attached hydrogen (secondary N) is 2. The number of furan rings is 1. The van der Waals surface area contributed by atoms with Crippen molar-refractivity contribution < 1.29 is 29.6 Å². The molecule has 6 atom stereocenters. The number of aliphatic hydroxyl groups excluding tert-OH is 3. The predicted molar refractivity (Wildman–Crippen MR) is 190 cm³/mol. The maximum absolute atomic E-state index is 11.5. The number of hydrogen-bond donors (Lipinski definition) is 6. The Morgan fingerprint density at radius 2 is 1.90 bits per heavy atom. The van der Waals surface area contributed by atoms with Gasteiger partial charge in [0.25, 0.3) is 0 Å². The summed E-state index contributed by atoms with van der Waals surface area (Å²) < 4.78 is 12.2. The molecule has 2 bridgehead atoms. The van der Waals surface area contributed by atoms with E-state index >= 15 is 0 Å². The number of allylic oxidation sites excluding steroid dienone is 2. The fraction of sp³-hybridized carbons (Fsp3) is 0.610. The number of phenolic OH excluding ortho intramolecular Hbond substituents is 1. The lowest BCUT2D eigenvalue weighted by atomic mass is 9.52. The van der Waals surface area contributed by atoms with Crippen molar-refractivity contribution in [3.63, 3.8) is 0 Å². The molecule has 0 saturated heterocycles. The third kappa shape index (κ3) is 6.39. The molecule has 49 heavy (non-hydrogen) atoms.